The van der Waals surface area contributed by atoms with Crippen LogP contribution in [0.25, 0.3) is 0 Å². The molecule has 20 heavy (non-hydrogen) atoms. The minimum Gasteiger partial charge on any atom is -0.392 e. The van der Waals surface area contributed by atoms with E-state index in [2.05, 4.69) is 35.6 Å². The highest BCUT2D eigenvalue weighted by atomic mass is 16.5. The molecule has 0 unspecified atom stereocenters. The summed E-state index contributed by atoms with van der Waals surface area (Å²) in [5, 5.41) is 12.5. The molecule has 0 saturated carbocycles. The zero-order chi connectivity index (χ0) is 14.2. The van der Waals surface area contributed by atoms with Crippen molar-refractivity contribution in [1.82, 2.24) is 5.32 Å². The molecule has 0 amide bonds. The Kier molecular flexibility index (Phi) is 5.74. The zero-order valence-electron chi connectivity index (χ0n) is 11.8. The van der Waals surface area contributed by atoms with Crippen molar-refractivity contribution in [2.45, 2.75) is 26.3 Å². The van der Waals surface area contributed by atoms with E-state index in [-0.39, 0.29) is 6.61 Å². The summed E-state index contributed by atoms with van der Waals surface area (Å²) in [5.74, 6) is 0. The number of nitrogens with one attached hydrogen (secondary N) is 1. The summed E-state index contributed by atoms with van der Waals surface area (Å²) < 4.78 is 5.09. The summed E-state index contributed by atoms with van der Waals surface area (Å²) in [6.07, 6.45) is 0. The summed E-state index contributed by atoms with van der Waals surface area (Å²) in [6, 6.07) is 16.4. The van der Waals surface area contributed by atoms with Gasteiger partial charge in [0.25, 0.3) is 0 Å². The first-order valence-corrected chi connectivity index (χ1v) is 6.78. The van der Waals surface area contributed by atoms with Gasteiger partial charge in [-0.05, 0) is 22.3 Å². The van der Waals surface area contributed by atoms with Crippen LogP contribution in [0.4, 0.5) is 0 Å². The molecule has 106 valence electrons. The number of hydrogen-bond donors (Lipinski definition) is 2. The lowest BCUT2D eigenvalue weighted by Gasteiger charge is -2.07. The van der Waals surface area contributed by atoms with E-state index in [0.29, 0.717) is 6.61 Å². The summed E-state index contributed by atoms with van der Waals surface area (Å²) in [4.78, 5) is 0. The van der Waals surface area contributed by atoms with Crippen LogP contribution in [0.5, 0.6) is 0 Å². The molecule has 2 aromatic rings. The number of methoxy groups -OCH3 is 1. The van der Waals surface area contributed by atoms with E-state index in [0.717, 1.165) is 18.7 Å². The molecule has 2 aromatic carbocycles. The van der Waals surface area contributed by atoms with Crippen molar-refractivity contribution in [3.05, 3.63) is 70.8 Å². The molecule has 0 aromatic heterocycles. The summed E-state index contributed by atoms with van der Waals surface area (Å²) in [6.45, 7) is 2.38. The molecule has 0 aliphatic carbocycles. The standard InChI is InChI=1S/C17H21NO2/c1-20-13-15-7-5-14(6-8-15)10-18-11-16-3-2-4-17(9-16)12-19/h2-9,18-19H,10-13H2,1H3. The van der Waals surface area contributed by atoms with Gasteiger partial charge in [0.05, 0.1) is 13.2 Å². The molecule has 3 heteroatoms. The molecule has 0 radical (unpaired) electrons. The lowest BCUT2D eigenvalue weighted by Crippen LogP contribution is -2.12. The van der Waals surface area contributed by atoms with Gasteiger partial charge in [0, 0.05) is 20.2 Å². The Morgan fingerprint density at radius 2 is 1.55 bits per heavy atom. The van der Waals surface area contributed by atoms with Gasteiger partial charge in [-0.1, -0.05) is 48.5 Å². The highest BCUT2D eigenvalue weighted by Gasteiger charge is 1.97. The van der Waals surface area contributed by atoms with Crippen molar-refractivity contribution in [1.29, 1.82) is 0 Å². The number of aliphatic hydroxyl groups excluding tert-OH is 1. The SMILES string of the molecule is COCc1ccc(CNCc2cccc(CO)c2)cc1. The largest absolute Gasteiger partial charge is 0.392 e. The van der Waals surface area contributed by atoms with E-state index in [1.165, 1.54) is 16.7 Å². The van der Waals surface area contributed by atoms with Gasteiger partial charge in [0.15, 0.2) is 0 Å². The van der Waals surface area contributed by atoms with Crippen LogP contribution in [-0.4, -0.2) is 12.2 Å². The fraction of sp³-hybridized carbons (Fsp3) is 0.294. The van der Waals surface area contributed by atoms with Crippen molar-refractivity contribution < 1.29 is 9.84 Å². The van der Waals surface area contributed by atoms with Crippen LogP contribution in [0.2, 0.25) is 0 Å². The zero-order valence-corrected chi connectivity index (χ0v) is 11.8. The van der Waals surface area contributed by atoms with Crippen molar-refractivity contribution in [3.63, 3.8) is 0 Å². The Balaban J connectivity index is 1.82. The predicted octanol–water partition coefficient (Wildman–Crippen LogP) is 2.62. The van der Waals surface area contributed by atoms with E-state index < -0.39 is 0 Å². The number of ether oxygens (including phenoxy) is 1. The first-order valence-electron chi connectivity index (χ1n) is 6.78. The quantitative estimate of drug-likeness (QED) is 0.813. The van der Waals surface area contributed by atoms with Gasteiger partial charge in [0.1, 0.15) is 0 Å². The van der Waals surface area contributed by atoms with E-state index in [1.807, 2.05) is 18.2 Å². The minimum absolute atomic E-state index is 0.0921. The summed E-state index contributed by atoms with van der Waals surface area (Å²) >= 11 is 0. The third-order valence-electron chi connectivity index (χ3n) is 3.17. The van der Waals surface area contributed by atoms with E-state index in [1.54, 1.807) is 7.11 Å². The van der Waals surface area contributed by atoms with Gasteiger partial charge in [-0.15, -0.1) is 0 Å². The third kappa shape index (κ3) is 4.46. The van der Waals surface area contributed by atoms with Crippen LogP contribution in [-0.2, 0) is 31.0 Å². The number of aliphatic hydroxyl groups is 1. The Morgan fingerprint density at radius 1 is 0.900 bits per heavy atom. The molecule has 3 nitrogen and oxygen atoms in total. The molecule has 0 spiro atoms. The predicted molar refractivity (Wildman–Crippen MR) is 80.1 cm³/mol. The first kappa shape index (κ1) is 14.7. The van der Waals surface area contributed by atoms with Crippen LogP contribution in [0.1, 0.15) is 22.3 Å². The summed E-state index contributed by atoms with van der Waals surface area (Å²) in [5.41, 5.74) is 4.58. The van der Waals surface area contributed by atoms with Crippen molar-refractivity contribution in [2.75, 3.05) is 7.11 Å². The highest BCUT2D eigenvalue weighted by Crippen LogP contribution is 2.07. The van der Waals surface area contributed by atoms with E-state index in [9.17, 15) is 0 Å². The van der Waals surface area contributed by atoms with Gasteiger partial charge in [-0.25, -0.2) is 0 Å². The molecule has 2 rings (SSSR count). The second-order valence-electron chi connectivity index (χ2n) is 4.83. The molecule has 0 bridgehead atoms. The van der Waals surface area contributed by atoms with Crippen LogP contribution >= 0.6 is 0 Å². The summed E-state index contributed by atoms with van der Waals surface area (Å²) in [7, 11) is 1.70. The minimum atomic E-state index is 0.0921. The van der Waals surface area contributed by atoms with Crippen LogP contribution in [0.3, 0.4) is 0 Å². The van der Waals surface area contributed by atoms with Gasteiger partial charge < -0.3 is 15.2 Å². The first-order chi connectivity index (χ1) is 9.81. The van der Waals surface area contributed by atoms with Gasteiger partial charge >= 0.3 is 0 Å². The molecule has 0 saturated heterocycles. The molecular formula is C17H21NO2. The topological polar surface area (TPSA) is 41.5 Å². The van der Waals surface area contributed by atoms with Crippen LogP contribution in [0.15, 0.2) is 48.5 Å². The van der Waals surface area contributed by atoms with E-state index in [4.69, 9.17) is 9.84 Å². The molecular weight excluding hydrogens is 250 g/mol. The van der Waals surface area contributed by atoms with Gasteiger partial charge in [0.2, 0.25) is 0 Å². The average Bonchev–Trinajstić information content (AvgIpc) is 2.50. The molecule has 0 heterocycles. The maximum atomic E-state index is 9.10. The number of benzene rings is 2. The molecule has 0 fully saturated rings. The number of rotatable bonds is 7. The van der Waals surface area contributed by atoms with Crippen molar-refractivity contribution >= 4 is 0 Å². The van der Waals surface area contributed by atoms with Crippen molar-refractivity contribution in [3.8, 4) is 0 Å². The van der Waals surface area contributed by atoms with Gasteiger partial charge in [-0.2, -0.15) is 0 Å². The monoisotopic (exact) mass is 271 g/mol. The van der Waals surface area contributed by atoms with E-state index >= 15 is 0 Å². The Labute approximate surface area is 120 Å². The normalized spacial score (nSPS) is 10.7. The fourth-order valence-electron chi connectivity index (χ4n) is 2.11. The fourth-order valence-corrected chi connectivity index (χ4v) is 2.11. The highest BCUT2D eigenvalue weighted by molar-refractivity contribution is 5.24. The van der Waals surface area contributed by atoms with Crippen LogP contribution < -0.4 is 5.32 Å². The lowest BCUT2D eigenvalue weighted by atomic mass is 10.1. The van der Waals surface area contributed by atoms with Gasteiger partial charge in [-0.3, -0.25) is 0 Å². The van der Waals surface area contributed by atoms with Crippen molar-refractivity contribution in [2.24, 2.45) is 0 Å². The smallest absolute Gasteiger partial charge is 0.0713 e. The molecule has 0 atom stereocenters. The second kappa shape index (κ2) is 7.80. The molecule has 0 aliphatic heterocycles. The lowest BCUT2D eigenvalue weighted by molar-refractivity contribution is 0.185. The second-order valence-corrected chi connectivity index (χ2v) is 4.83. The Morgan fingerprint density at radius 3 is 2.25 bits per heavy atom. The molecule has 2 N–H and O–H groups in total. The number of hydrogen-bond acceptors (Lipinski definition) is 3. The average molecular weight is 271 g/mol. The maximum Gasteiger partial charge on any atom is 0.0713 e. The molecule has 0 aliphatic rings. The third-order valence-corrected chi connectivity index (χ3v) is 3.17. The maximum absolute atomic E-state index is 9.10. The van der Waals surface area contributed by atoms with Crippen LogP contribution in [0, 0.1) is 0 Å². The Bertz CT molecular complexity index is 523. The Hall–Kier alpha value is -1.68.